The second-order valence-electron chi connectivity index (χ2n) is 7.59. The summed E-state index contributed by atoms with van der Waals surface area (Å²) in [4.78, 5) is 15.3. The molecule has 0 unspecified atom stereocenters. The lowest BCUT2D eigenvalue weighted by molar-refractivity contribution is -0.383. The smallest absolute Gasteiger partial charge is 0.278 e. The number of sulfonamides is 1. The average molecular weight is 493 g/mol. The van der Waals surface area contributed by atoms with E-state index in [0.29, 0.717) is 23.1 Å². The van der Waals surface area contributed by atoms with Crippen molar-refractivity contribution in [3.05, 3.63) is 69.3 Å². The standard InChI is InChI=1S/C20H21BrN4O4S/c1-20(2,13-24-30(28,29)15-7-5-14(21)6-8-15)12-23-17-9-10-18(25(26)27)16-4-3-11-22-19(16)17/h3-11,23-24H,12-13H2,1-2H3. The van der Waals surface area contributed by atoms with Crippen LogP contribution in [0.2, 0.25) is 0 Å². The molecule has 3 rings (SSSR count). The average Bonchev–Trinajstić information content (AvgIpc) is 2.71. The number of fused-ring (bicyclic) bond motifs is 1. The topological polar surface area (TPSA) is 114 Å². The number of non-ortho nitro benzene ring substituents is 1. The number of pyridine rings is 1. The number of aromatic nitrogens is 1. The Labute approximate surface area is 183 Å². The Morgan fingerprint density at radius 3 is 2.47 bits per heavy atom. The van der Waals surface area contributed by atoms with Crippen LogP contribution in [0.1, 0.15) is 13.8 Å². The lowest BCUT2D eigenvalue weighted by atomic mass is 9.94. The van der Waals surface area contributed by atoms with E-state index in [2.05, 4.69) is 31.0 Å². The van der Waals surface area contributed by atoms with Gasteiger partial charge in [0.25, 0.3) is 5.69 Å². The maximum atomic E-state index is 12.5. The molecular formula is C20H21BrN4O4S. The molecule has 0 aliphatic rings. The minimum absolute atomic E-state index is 0.00910. The maximum absolute atomic E-state index is 12.5. The molecule has 0 atom stereocenters. The summed E-state index contributed by atoms with van der Waals surface area (Å²) in [7, 11) is -3.63. The van der Waals surface area contributed by atoms with Crippen LogP contribution in [0.15, 0.2) is 64.1 Å². The number of hydrogen-bond acceptors (Lipinski definition) is 6. The number of rotatable bonds is 8. The lowest BCUT2D eigenvalue weighted by Gasteiger charge is -2.26. The molecule has 1 heterocycles. The minimum Gasteiger partial charge on any atom is -0.383 e. The third-order valence-electron chi connectivity index (χ3n) is 4.57. The first kappa shape index (κ1) is 22.1. The van der Waals surface area contributed by atoms with E-state index >= 15 is 0 Å². The Morgan fingerprint density at radius 2 is 1.80 bits per heavy atom. The summed E-state index contributed by atoms with van der Waals surface area (Å²) >= 11 is 3.29. The van der Waals surface area contributed by atoms with Gasteiger partial charge in [-0.05, 0) is 47.9 Å². The summed E-state index contributed by atoms with van der Waals surface area (Å²) in [6.45, 7) is 4.48. The van der Waals surface area contributed by atoms with E-state index in [1.54, 1.807) is 36.5 Å². The van der Waals surface area contributed by atoms with Gasteiger partial charge in [0, 0.05) is 29.8 Å². The van der Waals surface area contributed by atoms with Gasteiger partial charge in [-0.1, -0.05) is 29.8 Å². The van der Waals surface area contributed by atoms with E-state index in [1.807, 2.05) is 13.8 Å². The molecular weight excluding hydrogens is 472 g/mol. The summed E-state index contributed by atoms with van der Waals surface area (Å²) < 4.78 is 28.5. The molecule has 0 aliphatic heterocycles. The fourth-order valence-electron chi connectivity index (χ4n) is 2.84. The quantitative estimate of drug-likeness (QED) is 0.357. The molecule has 1 aromatic heterocycles. The summed E-state index contributed by atoms with van der Waals surface area (Å²) in [5.41, 5.74) is 0.703. The molecule has 0 fully saturated rings. The van der Waals surface area contributed by atoms with Crippen molar-refractivity contribution in [1.29, 1.82) is 0 Å². The SMILES string of the molecule is CC(C)(CNc1ccc([N+](=O)[O-])c2cccnc12)CNS(=O)(=O)c1ccc(Br)cc1. The van der Waals surface area contributed by atoms with Crippen LogP contribution in [0, 0.1) is 15.5 Å². The molecule has 3 aromatic rings. The minimum atomic E-state index is -3.63. The zero-order valence-electron chi connectivity index (χ0n) is 16.4. The Bertz CT molecular complexity index is 1180. The van der Waals surface area contributed by atoms with E-state index in [9.17, 15) is 18.5 Å². The van der Waals surface area contributed by atoms with E-state index in [4.69, 9.17) is 0 Å². The third-order valence-corrected chi connectivity index (χ3v) is 6.51. The number of anilines is 1. The van der Waals surface area contributed by atoms with Gasteiger partial charge in [-0.25, -0.2) is 13.1 Å². The second-order valence-corrected chi connectivity index (χ2v) is 10.3. The monoisotopic (exact) mass is 492 g/mol. The molecule has 30 heavy (non-hydrogen) atoms. The molecule has 10 heteroatoms. The van der Waals surface area contributed by atoms with Gasteiger partial charge >= 0.3 is 0 Å². The molecule has 0 saturated carbocycles. The fraction of sp³-hybridized carbons (Fsp3) is 0.250. The zero-order chi connectivity index (χ0) is 21.9. The Hall–Kier alpha value is -2.56. The molecule has 2 N–H and O–H groups in total. The van der Waals surface area contributed by atoms with Gasteiger partial charge in [-0.15, -0.1) is 0 Å². The lowest BCUT2D eigenvalue weighted by Crippen LogP contribution is -2.38. The molecule has 0 bridgehead atoms. The number of benzene rings is 2. The highest BCUT2D eigenvalue weighted by molar-refractivity contribution is 9.10. The van der Waals surface area contributed by atoms with Gasteiger partial charge in [0.05, 0.1) is 20.9 Å². The van der Waals surface area contributed by atoms with Gasteiger partial charge in [0.2, 0.25) is 10.0 Å². The van der Waals surface area contributed by atoms with Crippen LogP contribution in [0.3, 0.4) is 0 Å². The Kier molecular flexibility index (Phi) is 6.39. The largest absolute Gasteiger partial charge is 0.383 e. The first-order valence-electron chi connectivity index (χ1n) is 9.10. The predicted octanol–water partition coefficient (Wildman–Crippen LogP) is 4.32. The Morgan fingerprint density at radius 1 is 1.10 bits per heavy atom. The maximum Gasteiger partial charge on any atom is 0.278 e. The van der Waals surface area contributed by atoms with Crippen molar-refractivity contribution < 1.29 is 13.3 Å². The number of nitro benzene ring substituents is 1. The highest BCUT2D eigenvalue weighted by Gasteiger charge is 2.23. The number of nitro groups is 1. The molecule has 2 aromatic carbocycles. The third kappa shape index (κ3) is 5.13. The first-order valence-corrected chi connectivity index (χ1v) is 11.4. The van der Waals surface area contributed by atoms with Crippen LogP contribution in [-0.4, -0.2) is 31.4 Å². The van der Waals surface area contributed by atoms with E-state index in [0.717, 1.165) is 4.47 Å². The van der Waals surface area contributed by atoms with Crippen molar-refractivity contribution >= 4 is 48.2 Å². The zero-order valence-corrected chi connectivity index (χ0v) is 18.8. The number of halogens is 1. The Balaban J connectivity index is 1.71. The van der Waals surface area contributed by atoms with Gasteiger partial charge in [0.15, 0.2) is 0 Å². The van der Waals surface area contributed by atoms with Crippen molar-refractivity contribution in [2.45, 2.75) is 18.7 Å². The van der Waals surface area contributed by atoms with Crippen LogP contribution in [0.4, 0.5) is 11.4 Å². The van der Waals surface area contributed by atoms with Crippen LogP contribution in [0.25, 0.3) is 10.9 Å². The molecule has 0 saturated heterocycles. The first-order chi connectivity index (χ1) is 14.1. The molecule has 158 valence electrons. The van der Waals surface area contributed by atoms with Crippen LogP contribution < -0.4 is 10.0 Å². The van der Waals surface area contributed by atoms with Crippen molar-refractivity contribution in [1.82, 2.24) is 9.71 Å². The predicted molar refractivity (Wildman–Crippen MR) is 120 cm³/mol. The van der Waals surface area contributed by atoms with Gasteiger partial charge in [-0.3, -0.25) is 15.1 Å². The van der Waals surface area contributed by atoms with Crippen LogP contribution >= 0.6 is 15.9 Å². The molecule has 8 nitrogen and oxygen atoms in total. The van der Waals surface area contributed by atoms with Crippen molar-refractivity contribution in [2.75, 3.05) is 18.4 Å². The second kappa shape index (κ2) is 8.66. The van der Waals surface area contributed by atoms with E-state index < -0.39 is 20.4 Å². The highest BCUT2D eigenvalue weighted by atomic mass is 79.9. The normalized spacial score (nSPS) is 12.1. The molecule has 0 radical (unpaired) electrons. The molecule has 0 aliphatic carbocycles. The number of nitrogens with one attached hydrogen (secondary N) is 2. The van der Waals surface area contributed by atoms with Crippen LogP contribution in [-0.2, 0) is 10.0 Å². The van der Waals surface area contributed by atoms with E-state index in [-0.39, 0.29) is 17.1 Å². The van der Waals surface area contributed by atoms with Crippen molar-refractivity contribution in [2.24, 2.45) is 5.41 Å². The van der Waals surface area contributed by atoms with Crippen molar-refractivity contribution in [3.8, 4) is 0 Å². The fourth-order valence-corrected chi connectivity index (χ4v) is 4.35. The van der Waals surface area contributed by atoms with Gasteiger partial charge < -0.3 is 5.32 Å². The summed E-state index contributed by atoms with van der Waals surface area (Å²) in [6.07, 6.45) is 1.58. The van der Waals surface area contributed by atoms with E-state index in [1.165, 1.54) is 18.2 Å². The summed E-state index contributed by atoms with van der Waals surface area (Å²) in [6, 6.07) is 12.8. The summed E-state index contributed by atoms with van der Waals surface area (Å²) in [5, 5.41) is 14.9. The van der Waals surface area contributed by atoms with Crippen molar-refractivity contribution in [3.63, 3.8) is 0 Å². The molecule has 0 amide bonds. The highest BCUT2D eigenvalue weighted by Crippen LogP contribution is 2.30. The molecule has 0 spiro atoms. The van der Waals surface area contributed by atoms with Crippen LogP contribution in [0.5, 0.6) is 0 Å². The number of nitrogens with zero attached hydrogens (tertiary/aromatic N) is 2. The summed E-state index contributed by atoms with van der Waals surface area (Å²) in [5.74, 6) is 0. The van der Waals surface area contributed by atoms with Gasteiger partial charge in [-0.2, -0.15) is 0 Å². The number of hydrogen-bond donors (Lipinski definition) is 2. The van der Waals surface area contributed by atoms with Gasteiger partial charge in [0.1, 0.15) is 5.52 Å².